The number of aromatic nitrogens is 3. The average molecular weight is 328 g/mol. The maximum Gasteiger partial charge on any atom is 0.149 e. The van der Waals surface area contributed by atoms with E-state index < -0.39 is 0 Å². The summed E-state index contributed by atoms with van der Waals surface area (Å²) in [6.45, 7) is 3.83. The van der Waals surface area contributed by atoms with Crippen LogP contribution in [0, 0.1) is 12.7 Å². The number of anilines is 1. The summed E-state index contributed by atoms with van der Waals surface area (Å²) in [4.78, 5) is 15.4. The molecular formula is C17H17FN4S. The van der Waals surface area contributed by atoms with Gasteiger partial charge < -0.3 is 4.90 Å². The molecule has 1 fully saturated rings. The van der Waals surface area contributed by atoms with Gasteiger partial charge in [-0.25, -0.2) is 19.3 Å². The first-order chi connectivity index (χ1) is 11.2. The van der Waals surface area contributed by atoms with E-state index in [0.29, 0.717) is 11.4 Å². The third kappa shape index (κ3) is 2.67. The van der Waals surface area contributed by atoms with Gasteiger partial charge in [0.15, 0.2) is 0 Å². The molecule has 0 radical (unpaired) electrons. The molecule has 4 nitrogen and oxygen atoms in total. The van der Waals surface area contributed by atoms with E-state index in [0.717, 1.165) is 42.8 Å². The average Bonchev–Trinajstić information content (AvgIpc) is 3.02. The number of aryl methyl sites for hydroxylation is 1. The molecule has 1 unspecified atom stereocenters. The molecule has 3 aromatic rings. The molecule has 0 amide bonds. The van der Waals surface area contributed by atoms with Gasteiger partial charge in [0.2, 0.25) is 0 Å². The van der Waals surface area contributed by atoms with Crippen LogP contribution in [0.25, 0.3) is 10.9 Å². The maximum atomic E-state index is 14.0. The van der Waals surface area contributed by atoms with Crippen molar-refractivity contribution in [3.8, 4) is 0 Å². The minimum Gasteiger partial charge on any atom is -0.355 e. The Kier molecular flexibility index (Phi) is 3.69. The van der Waals surface area contributed by atoms with Gasteiger partial charge in [-0.2, -0.15) is 0 Å². The number of halogens is 1. The zero-order valence-electron chi connectivity index (χ0n) is 12.9. The predicted octanol–water partition coefficient (Wildman–Crippen LogP) is 3.92. The lowest BCUT2D eigenvalue weighted by atomic mass is 9.98. The first kappa shape index (κ1) is 14.5. The number of benzene rings is 1. The van der Waals surface area contributed by atoms with E-state index in [4.69, 9.17) is 0 Å². The first-order valence-electron chi connectivity index (χ1n) is 7.78. The molecule has 1 aromatic carbocycles. The molecule has 6 heteroatoms. The standard InChI is InChI=1S/C17H17FN4S/c1-11-9-23-17(21-11)12-4-3-7-22(8-12)16-13-5-2-6-14(18)15(13)19-10-20-16/h2,5-6,9-10,12H,3-4,7-8H2,1H3. The highest BCUT2D eigenvalue weighted by Crippen LogP contribution is 2.33. The monoisotopic (exact) mass is 328 g/mol. The van der Waals surface area contributed by atoms with Crippen LogP contribution in [0.3, 0.4) is 0 Å². The van der Waals surface area contributed by atoms with Crippen LogP contribution in [0.15, 0.2) is 29.9 Å². The number of nitrogens with zero attached hydrogens (tertiary/aromatic N) is 4. The van der Waals surface area contributed by atoms with Gasteiger partial charge >= 0.3 is 0 Å². The van der Waals surface area contributed by atoms with Crippen LogP contribution < -0.4 is 4.90 Å². The number of piperidine rings is 1. The van der Waals surface area contributed by atoms with Crippen molar-refractivity contribution in [3.05, 3.63) is 46.4 Å². The molecule has 118 valence electrons. The van der Waals surface area contributed by atoms with Crippen molar-refractivity contribution in [2.24, 2.45) is 0 Å². The Hall–Kier alpha value is -2.08. The van der Waals surface area contributed by atoms with Crippen LogP contribution in [0.4, 0.5) is 10.2 Å². The number of para-hydroxylation sites is 1. The lowest BCUT2D eigenvalue weighted by Crippen LogP contribution is -2.35. The van der Waals surface area contributed by atoms with Gasteiger partial charge in [-0.3, -0.25) is 0 Å². The van der Waals surface area contributed by atoms with Gasteiger partial charge in [0.25, 0.3) is 0 Å². The molecule has 0 aliphatic carbocycles. The molecule has 0 spiro atoms. The van der Waals surface area contributed by atoms with Crippen molar-refractivity contribution in [1.82, 2.24) is 15.0 Å². The fourth-order valence-corrected chi connectivity index (χ4v) is 4.15. The number of fused-ring (bicyclic) bond motifs is 1. The Bertz CT molecular complexity index is 847. The quantitative estimate of drug-likeness (QED) is 0.715. The summed E-state index contributed by atoms with van der Waals surface area (Å²) in [6.07, 6.45) is 3.68. The van der Waals surface area contributed by atoms with Crippen LogP contribution in [-0.4, -0.2) is 28.0 Å². The molecule has 0 bridgehead atoms. The summed E-state index contributed by atoms with van der Waals surface area (Å²) in [5.41, 5.74) is 1.47. The fraction of sp³-hybridized carbons (Fsp3) is 0.353. The Morgan fingerprint density at radius 3 is 3.04 bits per heavy atom. The van der Waals surface area contributed by atoms with E-state index in [2.05, 4.69) is 25.2 Å². The molecule has 3 heterocycles. The molecule has 1 atom stereocenters. The highest BCUT2D eigenvalue weighted by Gasteiger charge is 2.25. The molecule has 4 rings (SSSR count). The minimum atomic E-state index is -0.296. The van der Waals surface area contributed by atoms with Crippen molar-refractivity contribution in [3.63, 3.8) is 0 Å². The highest BCUT2D eigenvalue weighted by molar-refractivity contribution is 7.09. The summed E-state index contributed by atoms with van der Waals surface area (Å²) in [6, 6.07) is 5.05. The van der Waals surface area contributed by atoms with E-state index in [9.17, 15) is 4.39 Å². The fourth-order valence-electron chi connectivity index (χ4n) is 3.22. The van der Waals surface area contributed by atoms with E-state index in [-0.39, 0.29) is 5.82 Å². The number of thiazole rings is 1. The molecule has 1 aliphatic rings. The Morgan fingerprint density at radius 1 is 1.30 bits per heavy atom. The van der Waals surface area contributed by atoms with E-state index in [1.54, 1.807) is 17.4 Å². The lowest BCUT2D eigenvalue weighted by molar-refractivity contribution is 0.506. The smallest absolute Gasteiger partial charge is 0.149 e. The van der Waals surface area contributed by atoms with Crippen molar-refractivity contribution in [1.29, 1.82) is 0 Å². The van der Waals surface area contributed by atoms with Gasteiger partial charge in [-0.15, -0.1) is 11.3 Å². The Balaban J connectivity index is 1.69. The summed E-state index contributed by atoms with van der Waals surface area (Å²) in [5, 5.41) is 4.07. The second-order valence-corrected chi connectivity index (χ2v) is 6.84. The van der Waals surface area contributed by atoms with Gasteiger partial charge in [0.05, 0.1) is 5.01 Å². The van der Waals surface area contributed by atoms with Crippen LogP contribution in [0.1, 0.15) is 29.5 Å². The normalized spacial score (nSPS) is 18.5. The topological polar surface area (TPSA) is 41.9 Å². The molecule has 0 saturated carbocycles. The predicted molar refractivity (Wildman–Crippen MR) is 90.5 cm³/mol. The molecule has 0 N–H and O–H groups in total. The minimum absolute atomic E-state index is 0.296. The van der Waals surface area contributed by atoms with Crippen molar-refractivity contribution < 1.29 is 4.39 Å². The molecule has 1 aliphatic heterocycles. The Labute approximate surface area is 138 Å². The zero-order chi connectivity index (χ0) is 15.8. The number of rotatable bonds is 2. The van der Waals surface area contributed by atoms with Gasteiger partial charge in [-0.05, 0) is 31.9 Å². The highest BCUT2D eigenvalue weighted by atomic mass is 32.1. The molecule has 2 aromatic heterocycles. The summed E-state index contributed by atoms with van der Waals surface area (Å²) in [5.74, 6) is 0.948. The summed E-state index contributed by atoms with van der Waals surface area (Å²) < 4.78 is 14.0. The van der Waals surface area contributed by atoms with Gasteiger partial charge in [0, 0.05) is 35.5 Å². The van der Waals surface area contributed by atoms with Gasteiger partial charge in [-0.1, -0.05) is 6.07 Å². The molecule has 23 heavy (non-hydrogen) atoms. The van der Waals surface area contributed by atoms with Gasteiger partial charge in [0.1, 0.15) is 23.5 Å². The van der Waals surface area contributed by atoms with Crippen molar-refractivity contribution in [2.45, 2.75) is 25.7 Å². The maximum absolute atomic E-state index is 14.0. The zero-order valence-corrected chi connectivity index (χ0v) is 13.7. The Morgan fingerprint density at radius 2 is 2.22 bits per heavy atom. The van der Waals surface area contributed by atoms with E-state index in [1.165, 1.54) is 17.4 Å². The van der Waals surface area contributed by atoms with Crippen LogP contribution in [0.2, 0.25) is 0 Å². The number of hydrogen-bond acceptors (Lipinski definition) is 5. The first-order valence-corrected chi connectivity index (χ1v) is 8.66. The van der Waals surface area contributed by atoms with E-state index >= 15 is 0 Å². The molecule has 1 saturated heterocycles. The van der Waals surface area contributed by atoms with Crippen LogP contribution >= 0.6 is 11.3 Å². The third-order valence-corrected chi connectivity index (χ3v) is 5.43. The third-order valence-electron chi connectivity index (χ3n) is 4.30. The summed E-state index contributed by atoms with van der Waals surface area (Å²) >= 11 is 1.73. The largest absolute Gasteiger partial charge is 0.355 e. The van der Waals surface area contributed by atoms with Crippen LogP contribution in [-0.2, 0) is 0 Å². The van der Waals surface area contributed by atoms with E-state index in [1.807, 2.05) is 13.0 Å². The summed E-state index contributed by atoms with van der Waals surface area (Å²) in [7, 11) is 0. The van der Waals surface area contributed by atoms with Crippen LogP contribution in [0.5, 0.6) is 0 Å². The lowest BCUT2D eigenvalue weighted by Gasteiger charge is -2.33. The van der Waals surface area contributed by atoms with Crippen molar-refractivity contribution in [2.75, 3.05) is 18.0 Å². The number of hydrogen-bond donors (Lipinski definition) is 0. The molecular weight excluding hydrogens is 311 g/mol. The van der Waals surface area contributed by atoms with Crippen molar-refractivity contribution >= 4 is 28.1 Å². The SMILES string of the molecule is Cc1csc(C2CCCN(c3ncnc4c(F)cccc34)C2)n1. The second kappa shape index (κ2) is 5.85. The second-order valence-electron chi connectivity index (χ2n) is 5.95.